The lowest BCUT2D eigenvalue weighted by Crippen LogP contribution is -2.46. The Kier molecular flexibility index (Phi) is 7.53. The number of hydrogen-bond donors (Lipinski definition) is 1. The molecule has 1 fully saturated rings. The molecule has 1 rings (SSSR count). The lowest BCUT2D eigenvalue weighted by atomic mass is 9.81. The van der Waals surface area contributed by atoms with Gasteiger partial charge in [0.2, 0.25) is 0 Å². The van der Waals surface area contributed by atoms with Gasteiger partial charge >= 0.3 is 0 Å². The summed E-state index contributed by atoms with van der Waals surface area (Å²) in [6, 6.07) is 0.817. The van der Waals surface area contributed by atoms with E-state index >= 15 is 0 Å². The van der Waals surface area contributed by atoms with Crippen LogP contribution in [0.2, 0.25) is 0 Å². The molecule has 20 heavy (non-hydrogen) atoms. The second kappa shape index (κ2) is 8.38. The van der Waals surface area contributed by atoms with Gasteiger partial charge in [-0.1, -0.05) is 41.5 Å². The van der Waals surface area contributed by atoms with E-state index in [1.807, 2.05) is 0 Å². The van der Waals surface area contributed by atoms with E-state index in [2.05, 4.69) is 51.8 Å². The van der Waals surface area contributed by atoms with E-state index < -0.39 is 0 Å². The molecular formula is C18H38N2. The summed E-state index contributed by atoms with van der Waals surface area (Å²) in [6.07, 6.45) is 5.37. The first-order chi connectivity index (χ1) is 9.44. The number of nitrogens with zero attached hydrogens (tertiary/aromatic N) is 1. The molecule has 1 aliphatic rings. The van der Waals surface area contributed by atoms with E-state index in [1.54, 1.807) is 0 Å². The Morgan fingerprint density at radius 2 is 1.80 bits per heavy atom. The average molecular weight is 283 g/mol. The third kappa shape index (κ3) is 5.04. The van der Waals surface area contributed by atoms with Crippen molar-refractivity contribution < 1.29 is 0 Å². The standard InChI is InChI=1S/C18H38N2/c1-7-18(8-2,13-19-12-15(3)4)14-20-11-9-10-17(20)16(5)6/h15-17,19H,7-14H2,1-6H3. The smallest absolute Gasteiger partial charge is 0.0119 e. The quantitative estimate of drug-likeness (QED) is 0.683. The Morgan fingerprint density at radius 3 is 2.30 bits per heavy atom. The van der Waals surface area contributed by atoms with Crippen LogP contribution < -0.4 is 5.32 Å². The molecule has 0 aromatic carbocycles. The van der Waals surface area contributed by atoms with Crippen LogP contribution in [0.4, 0.5) is 0 Å². The normalized spacial score (nSPS) is 21.3. The average Bonchev–Trinajstić information content (AvgIpc) is 2.85. The van der Waals surface area contributed by atoms with Crippen LogP contribution in [0.1, 0.15) is 67.2 Å². The van der Waals surface area contributed by atoms with Crippen LogP contribution in [-0.2, 0) is 0 Å². The molecule has 120 valence electrons. The molecule has 2 heteroatoms. The van der Waals surface area contributed by atoms with Crippen molar-refractivity contribution in [2.45, 2.75) is 73.3 Å². The molecule has 0 radical (unpaired) electrons. The summed E-state index contributed by atoms with van der Waals surface area (Å²) in [7, 11) is 0. The molecule has 0 saturated carbocycles. The number of nitrogens with one attached hydrogen (secondary N) is 1. The summed E-state index contributed by atoms with van der Waals surface area (Å²) in [5.74, 6) is 1.55. The van der Waals surface area contributed by atoms with Crippen molar-refractivity contribution in [3.05, 3.63) is 0 Å². The first-order valence-corrected chi connectivity index (χ1v) is 8.89. The van der Waals surface area contributed by atoms with E-state index in [1.165, 1.54) is 45.3 Å². The highest BCUT2D eigenvalue weighted by Gasteiger charge is 2.34. The van der Waals surface area contributed by atoms with Crippen molar-refractivity contribution in [1.82, 2.24) is 10.2 Å². The Hall–Kier alpha value is -0.0800. The Morgan fingerprint density at radius 1 is 1.15 bits per heavy atom. The molecule has 0 spiro atoms. The van der Waals surface area contributed by atoms with E-state index in [9.17, 15) is 0 Å². The van der Waals surface area contributed by atoms with Crippen LogP contribution >= 0.6 is 0 Å². The van der Waals surface area contributed by atoms with Gasteiger partial charge in [0.25, 0.3) is 0 Å². The van der Waals surface area contributed by atoms with E-state index in [4.69, 9.17) is 0 Å². The molecule has 0 aromatic rings. The van der Waals surface area contributed by atoms with E-state index in [0.717, 1.165) is 24.4 Å². The molecule has 1 unspecified atom stereocenters. The van der Waals surface area contributed by atoms with Gasteiger partial charge < -0.3 is 5.32 Å². The summed E-state index contributed by atoms with van der Waals surface area (Å²) in [5.41, 5.74) is 0.465. The van der Waals surface area contributed by atoms with Gasteiger partial charge in [-0.3, -0.25) is 4.90 Å². The second-order valence-electron chi connectivity index (χ2n) is 7.66. The first kappa shape index (κ1) is 18.0. The number of rotatable bonds is 9. The highest BCUT2D eigenvalue weighted by Crippen LogP contribution is 2.32. The summed E-state index contributed by atoms with van der Waals surface area (Å²) in [4.78, 5) is 2.79. The molecule has 0 amide bonds. The molecule has 0 aromatic heterocycles. The fraction of sp³-hybridized carbons (Fsp3) is 1.00. The van der Waals surface area contributed by atoms with Crippen LogP contribution in [0.3, 0.4) is 0 Å². The van der Waals surface area contributed by atoms with Gasteiger partial charge in [0.15, 0.2) is 0 Å². The molecule has 0 aliphatic carbocycles. The van der Waals surface area contributed by atoms with Gasteiger partial charge in [0, 0.05) is 19.1 Å². The maximum atomic E-state index is 3.72. The molecule has 2 nitrogen and oxygen atoms in total. The molecule has 1 N–H and O–H groups in total. The minimum Gasteiger partial charge on any atom is -0.316 e. The van der Waals surface area contributed by atoms with Crippen molar-refractivity contribution >= 4 is 0 Å². The van der Waals surface area contributed by atoms with Crippen molar-refractivity contribution in [1.29, 1.82) is 0 Å². The zero-order valence-electron chi connectivity index (χ0n) is 14.8. The van der Waals surface area contributed by atoms with Gasteiger partial charge in [-0.25, -0.2) is 0 Å². The second-order valence-corrected chi connectivity index (χ2v) is 7.66. The maximum absolute atomic E-state index is 3.72. The topological polar surface area (TPSA) is 15.3 Å². The van der Waals surface area contributed by atoms with E-state index in [-0.39, 0.29) is 0 Å². The molecule has 0 bridgehead atoms. The van der Waals surface area contributed by atoms with Gasteiger partial charge in [0.1, 0.15) is 0 Å². The minimum atomic E-state index is 0.465. The highest BCUT2D eigenvalue weighted by atomic mass is 15.2. The van der Waals surface area contributed by atoms with Crippen LogP contribution in [-0.4, -0.2) is 37.1 Å². The van der Waals surface area contributed by atoms with Crippen molar-refractivity contribution in [2.75, 3.05) is 26.2 Å². The van der Waals surface area contributed by atoms with Crippen LogP contribution in [0.25, 0.3) is 0 Å². The Bertz CT molecular complexity index is 256. The zero-order chi connectivity index (χ0) is 15.2. The lowest BCUT2D eigenvalue weighted by molar-refractivity contribution is 0.106. The molecule has 1 aliphatic heterocycles. The summed E-state index contributed by atoms with van der Waals surface area (Å²) in [6.45, 7) is 19.0. The molecule has 1 heterocycles. The Balaban J connectivity index is 2.60. The third-order valence-electron chi connectivity index (χ3n) is 5.27. The minimum absolute atomic E-state index is 0.465. The van der Waals surface area contributed by atoms with E-state index in [0.29, 0.717) is 5.41 Å². The SMILES string of the molecule is CCC(CC)(CNCC(C)C)CN1CCCC1C(C)C. The van der Waals surface area contributed by atoms with Crippen molar-refractivity contribution in [3.8, 4) is 0 Å². The fourth-order valence-corrected chi connectivity index (χ4v) is 3.64. The van der Waals surface area contributed by atoms with Gasteiger partial charge in [0.05, 0.1) is 0 Å². The fourth-order valence-electron chi connectivity index (χ4n) is 3.64. The molecular weight excluding hydrogens is 244 g/mol. The summed E-state index contributed by atoms with van der Waals surface area (Å²) in [5, 5.41) is 3.72. The van der Waals surface area contributed by atoms with Gasteiger partial charge in [-0.2, -0.15) is 0 Å². The molecule has 1 saturated heterocycles. The summed E-state index contributed by atoms with van der Waals surface area (Å²) < 4.78 is 0. The number of likely N-dealkylation sites (tertiary alicyclic amines) is 1. The lowest BCUT2D eigenvalue weighted by Gasteiger charge is -2.39. The maximum Gasteiger partial charge on any atom is 0.0119 e. The summed E-state index contributed by atoms with van der Waals surface area (Å²) >= 11 is 0. The zero-order valence-corrected chi connectivity index (χ0v) is 14.8. The van der Waals surface area contributed by atoms with Gasteiger partial charge in [-0.05, 0) is 56.0 Å². The van der Waals surface area contributed by atoms with Crippen molar-refractivity contribution in [3.63, 3.8) is 0 Å². The monoisotopic (exact) mass is 282 g/mol. The predicted octanol–water partition coefficient (Wildman–Crippen LogP) is 4.16. The molecule has 1 atom stereocenters. The van der Waals surface area contributed by atoms with Crippen molar-refractivity contribution in [2.24, 2.45) is 17.3 Å². The number of hydrogen-bond acceptors (Lipinski definition) is 2. The first-order valence-electron chi connectivity index (χ1n) is 8.89. The highest BCUT2D eigenvalue weighted by molar-refractivity contribution is 4.89. The van der Waals surface area contributed by atoms with Gasteiger partial charge in [-0.15, -0.1) is 0 Å². The third-order valence-corrected chi connectivity index (χ3v) is 5.27. The van der Waals surface area contributed by atoms with Crippen LogP contribution in [0.15, 0.2) is 0 Å². The van der Waals surface area contributed by atoms with Crippen LogP contribution in [0, 0.1) is 17.3 Å². The Labute approximate surface area is 127 Å². The van der Waals surface area contributed by atoms with Crippen LogP contribution in [0.5, 0.6) is 0 Å². The predicted molar refractivity (Wildman–Crippen MR) is 90.2 cm³/mol. The largest absolute Gasteiger partial charge is 0.316 e.